The summed E-state index contributed by atoms with van der Waals surface area (Å²) in [6.07, 6.45) is 0. The Labute approximate surface area is 201 Å². The van der Waals surface area contributed by atoms with Gasteiger partial charge >= 0.3 is 0 Å². The molecule has 180 valence electrons. The van der Waals surface area contributed by atoms with E-state index in [-0.39, 0.29) is 11.6 Å². The highest BCUT2D eigenvalue weighted by Gasteiger charge is 2.27. The van der Waals surface area contributed by atoms with Crippen LogP contribution in [0.5, 0.6) is 17.2 Å². The van der Waals surface area contributed by atoms with Gasteiger partial charge in [0, 0.05) is 17.2 Å². The molecule has 0 saturated heterocycles. The lowest BCUT2D eigenvalue weighted by atomic mass is 10.0. The fourth-order valence-electron chi connectivity index (χ4n) is 3.66. The molecule has 4 aromatic rings. The topological polar surface area (TPSA) is 122 Å². The van der Waals surface area contributed by atoms with E-state index in [1.54, 1.807) is 25.3 Å². The number of nitrogens with zero attached hydrogens (tertiary/aromatic N) is 3. The highest BCUT2D eigenvalue weighted by Crippen LogP contribution is 2.35. The molecule has 10 nitrogen and oxygen atoms in total. The molecule has 35 heavy (non-hydrogen) atoms. The van der Waals surface area contributed by atoms with E-state index >= 15 is 0 Å². The molecule has 10 heteroatoms. The van der Waals surface area contributed by atoms with Gasteiger partial charge < -0.3 is 28.6 Å². The second-order valence-corrected chi connectivity index (χ2v) is 8.31. The molecule has 1 amide bonds. The lowest BCUT2D eigenvalue weighted by molar-refractivity contribution is 0.0904. The van der Waals surface area contributed by atoms with E-state index in [9.17, 15) is 4.79 Å². The van der Waals surface area contributed by atoms with Gasteiger partial charge in [0.1, 0.15) is 25.0 Å². The molecule has 1 aliphatic heterocycles. The first-order valence-electron chi connectivity index (χ1n) is 11.2. The van der Waals surface area contributed by atoms with Crippen molar-refractivity contribution in [3.63, 3.8) is 0 Å². The molecule has 2 aromatic heterocycles. The molecule has 0 bridgehead atoms. The number of carbonyl (C=O) groups excluding carboxylic acids is 1. The summed E-state index contributed by atoms with van der Waals surface area (Å²) in [5.41, 5.74) is 1.63. The number of amides is 1. The maximum Gasteiger partial charge on any atom is 0.274 e. The number of hydrogen-bond acceptors (Lipinski definition) is 9. The summed E-state index contributed by atoms with van der Waals surface area (Å²) >= 11 is 0. The van der Waals surface area contributed by atoms with Crippen LogP contribution in [0, 0.1) is 5.92 Å². The lowest BCUT2D eigenvalue weighted by Gasteiger charge is -2.18. The van der Waals surface area contributed by atoms with Crippen LogP contribution in [0.15, 0.2) is 57.6 Å². The molecule has 0 fully saturated rings. The van der Waals surface area contributed by atoms with Crippen LogP contribution >= 0.6 is 0 Å². The molecule has 0 saturated carbocycles. The van der Waals surface area contributed by atoms with Gasteiger partial charge in [-0.15, -0.1) is 0 Å². The number of methoxy groups -OCH3 is 1. The Kier molecular flexibility index (Phi) is 6.09. The Balaban J connectivity index is 1.32. The second-order valence-electron chi connectivity index (χ2n) is 8.31. The van der Waals surface area contributed by atoms with Crippen LogP contribution in [0.4, 0.5) is 0 Å². The van der Waals surface area contributed by atoms with Crippen molar-refractivity contribution in [2.45, 2.75) is 19.9 Å². The zero-order chi connectivity index (χ0) is 24.4. The number of aromatic nitrogens is 3. The van der Waals surface area contributed by atoms with Crippen molar-refractivity contribution >= 4 is 5.91 Å². The molecule has 0 aliphatic carbocycles. The number of carbonyl (C=O) groups is 1. The Hall–Kier alpha value is -4.34. The third-order valence-electron chi connectivity index (χ3n) is 5.58. The average Bonchev–Trinajstić information content (AvgIpc) is 3.57. The predicted octanol–water partition coefficient (Wildman–Crippen LogP) is 4.30. The van der Waals surface area contributed by atoms with Crippen LogP contribution in [0.2, 0.25) is 0 Å². The van der Waals surface area contributed by atoms with Crippen LogP contribution < -0.4 is 19.5 Å². The third kappa shape index (κ3) is 4.68. The van der Waals surface area contributed by atoms with Crippen molar-refractivity contribution in [2.75, 3.05) is 20.3 Å². The summed E-state index contributed by atoms with van der Waals surface area (Å²) in [5.74, 6) is 2.75. The van der Waals surface area contributed by atoms with Gasteiger partial charge in [-0.25, -0.2) is 0 Å². The minimum Gasteiger partial charge on any atom is -0.497 e. The van der Waals surface area contributed by atoms with E-state index in [4.69, 9.17) is 23.3 Å². The average molecular weight is 476 g/mol. The van der Waals surface area contributed by atoms with E-state index < -0.39 is 11.9 Å². The normalized spacial score (nSPS) is 13.5. The van der Waals surface area contributed by atoms with E-state index in [1.807, 2.05) is 44.2 Å². The van der Waals surface area contributed by atoms with Gasteiger partial charge in [0.2, 0.25) is 11.7 Å². The van der Waals surface area contributed by atoms with Crippen molar-refractivity contribution in [1.29, 1.82) is 0 Å². The van der Waals surface area contributed by atoms with Crippen molar-refractivity contribution in [1.82, 2.24) is 20.6 Å². The Morgan fingerprint density at radius 3 is 2.43 bits per heavy atom. The minimum absolute atomic E-state index is 0.0210. The van der Waals surface area contributed by atoms with Crippen LogP contribution in [0.1, 0.15) is 36.3 Å². The number of hydrogen-bond donors (Lipinski definition) is 1. The largest absolute Gasteiger partial charge is 0.497 e. The molecule has 2 aromatic carbocycles. The first kappa shape index (κ1) is 22.5. The highest BCUT2D eigenvalue weighted by molar-refractivity contribution is 5.93. The summed E-state index contributed by atoms with van der Waals surface area (Å²) < 4.78 is 27.3. The van der Waals surface area contributed by atoms with Crippen molar-refractivity contribution in [3.05, 3.63) is 60.1 Å². The fourth-order valence-corrected chi connectivity index (χ4v) is 3.66. The number of nitrogens with one attached hydrogen (secondary N) is 1. The first-order chi connectivity index (χ1) is 17.0. The molecular formula is C25H24N4O6. The lowest BCUT2D eigenvalue weighted by Crippen LogP contribution is -2.32. The summed E-state index contributed by atoms with van der Waals surface area (Å²) in [7, 11) is 1.60. The van der Waals surface area contributed by atoms with E-state index in [1.165, 1.54) is 0 Å². The first-order valence-corrected chi connectivity index (χ1v) is 11.2. The molecule has 1 atom stereocenters. The highest BCUT2D eigenvalue weighted by atomic mass is 16.6. The smallest absolute Gasteiger partial charge is 0.274 e. The molecular weight excluding hydrogens is 452 g/mol. The quantitative estimate of drug-likeness (QED) is 0.416. The minimum atomic E-state index is -0.517. The number of benzene rings is 2. The van der Waals surface area contributed by atoms with Gasteiger partial charge in [0.15, 0.2) is 23.0 Å². The summed E-state index contributed by atoms with van der Waals surface area (Å²) in [6.45, 7) is 4.89. The molecule has 0 radical (unpaired) electrons. The molecule has 0 unspecified atom stereocenters. The van der Waals surface area contributed by atoms with Gasteiger partial charge in [-0.2, -0.15) is 4.98 Å². The molecule has 3 heterocycles. The van der Waals surface area contributed by atoms with Crippen molar-refractivity contribution < 1.29 is 28.1 Å². The fraction of sp³-hybridized carbons (Fsp3) is 0.280. The molecule has 5 rings (SSSR count). The van der Waals surface area contributed by atoms with Crippen LogP contribution in [0.3, 0.4) is 0 Å². The van der Waals surface area contributed by atoms with E-state index in [0.29, 0.717) is 42.2 Å². The summed E-state index contributed by atoms with van der Waals surface area (Å²) in [6, 6.07) is 13.8. The monoisotopic (exact) mass is 476 g/mol. The van der Waals surface area contributed by atoms with E-state index in [0.717, 1.165) is 16.9 Å². The van der Waals surface area contributed by atoms with Crippen LogP contribution in [0.25, 0.3) is 22.7 Å². The molecule has 1 N–H and O–H groups in total. The zero-order valence-corrected chi connectivity index (χ0v) is 19.5. The molecule has 0 spiro atoms. The predicted molar refractivity (Wildman–Crippen MR) is 124 cm³/mol. The molecule has 1 aliphatic rings. The van der Waals surface area contributed by atoms with Crippen LogP contribution in [-0.4, -0.2) is 41.5 Å². The van der Waals surface area contributed by atoms with Crippen molar-refractivity contribution in [2.24, 2.45) is 5.92 Å². The maximum atomic E-state index is 13.0. The Morgan fingerprint density at radius 2 is 1.69 bits per heavy atom. The number of fused-ring (bicyclic) bond motifs is 1. The van der Waals surface area contributed by atoms with Gasteiger partial charge in [0.05, 0.1) is 7.11 Å². The number of rotatable bonds is 7. The number of ether oxygens (including phenoxy) is 3. The summed E-state index contributed by atoms with van der Waals surface area (Å²) in [4.78, 5) is 17.5. The standard InChI is InChI=1S/C25H24N4O6/c1-14(2)22(25-27-23(29-35-25)15-4-7-17(31-3)8-5-15)26-24(30)18-13-20(34-28-18)16-6-9-19-21(12-16)33-11-10-32-19/h4-9,12-14,22H,10-11H2,1-3H3,(H,26,30)/t22-/m0/s1. The maximum absolute atomic E-state index is 13.0. The van der Waals surface area contributed by atoms with Gasteiger partial charge in [-0.1, -0.05) is 24.2 Å². The Bertz CT molecular complexity index is 1330. The van der Waals surface area contributed by atoms with Gasteiger partial charge in [0.25, 0.3) is 5.91 Å². The second kappa shape index (κ2) is 9.49. The Morgan fingerprint density at radius 1 is 0.943 bits per heavy atom. The zero-order valence-electron chi connectivity index (χ0n) is 19.5. The third-order valence-corrected chi connectivity index (χ3v) is 5.58. The van der Waals surface area contributed by atoms with Gasteiger partial charge in [-0.05, 0) is 48.4 Å². The van der Waals surface area contributed by atoms with Gasteiger partial charge in [-0.3, -0.25) is 4.79 Å². The van der Waals surface area contributed by atoms with E-state index in [2.05, 4.69) is 20.6 Å². The van der Waals surface area contributed by atoms with Crippen molar-refractivity contribution in [3.8, 4) is 40.0 Å². The summed E-state index contributed by atoms with van der Waals surface area (Å²) in [5, 5.41) is 10.9. The SMILES string of the molecule is COc1ccc(-c2noc([C@@H](NC(=O)c3cc(-c4ccc5c(c4)OCCO5)on3)C(C)C)n2)cc1. The van der Waals surface area contributed by atoms with Crippen LogP contribution in [-0.2, 0) is 0 Å².